The van der Waals surface area contributed by atoms with Crippen molar-refractivity contribution in [1.29, 1.82) is 0 Å². The highest BCUT2D eigenvalue weighted by atomic mass is 16.3. The van der Waals surface area contributed by atoms with E-state index in [0.29, 0.717) is 12.8 Å². The van der Waals surface area contributed by atoms with E-state index in [0.717, 1.165) is 24.8 Å². The molecule has 5 fully saturated rings. The Kier molecular flexibility index (Phi) is 3.29. The average Bonchev–Trinajstić information content (AvgIpc) is 2.51. The standard InChI is InChI=1S/C20H30O4/c1-10-11-7-13-19(4)6-5-14(21)18(2,3)12(19)9-16(23)20(13,17(10)24)15(22)8-11/h11-15,17,21-22,24H,1,5-9H2,2-4H3/t11-,12+,13-,14+,15+,17+,19+,20+/m0/s1. The van der Waals surface area contributed by atoms with Crippen LogP contribution in [0.3, 0.4) is 0 Å². The molecule has 0 aromatic rings. The lowest BCUT2D eigenvalue weighted by atomic mass is 9.35. The quantitative estimate of drug-likeness (QED) is 0.593. The molecule has 4 heteroatoms. The molecule has 0 aromatic carbocycles. The molecule has 0 unspecified atom stereocenters. The van der Waals surface area contributed by atoms with Crippen molar-refractivity contribution in [3.8, 4) is 0 Å². The molecule has 5 rings (SSSR count). The fourth-order valence-electron chi connectivity index (χ4n) is 7.18. The number of fused-ring (bicyclic) bond motifs is 3. The molecule has 0 amide bonds. The summed E-state index contributed by atoms with van der Waals surface area (Å²) in [5.74, 6) is 0.137. The molecule has 24 heavy (non-hydrogen) atoms. The topological polar surface area (TPSA) is 77.8 Å². The van der Waals surface area contributed by atoms with Gasteiger partial charge < -0.3 is 15.3 Å². The number of hydrogen-bond donors (Lipinski definition) is 3. The lowest BCUT2D eigenvalue weighted by Crippen LogP contribution is -2.73. The highest BCUT2D eigenvalue weighted by molar-refractivity contribution is 5.89. The van der Waals surface area contributed by atoms with Gasteiger partial charge in [-0.25, -0.2) is 0 Å². The second kappa shape index (κ2) is 4.72. The van der Waals surface area contributed by atoms with Crippen LogP contribution in [0.1, 0.15) is 52.9 Å². The Labute approximate surface area is 144 Å². The minimum Gasteiger partial charge on any atom is -0.393 e. The zero-order valence-electron chi connectivity index (χ0n) is 15.0. The summed E-state index contributed by atoms with van der Waals surface area (Å²) in [6, 6.07) is 0. The number of Topliss-reactive ketones (excluding diaryl/α,β-unsaturated/α-hetero) is 1. The molecule has 8 atom stereocenters. The van der Waals surface area contributed by atoms with E-state index in [2.05, 4.69) is 27.4 Å². The lowest BCUT2D eigenvalue weighted by molar-refractivity contribution is -0.240. The van der Waals surface area contributed by atoms with Crippen LogP contribution in [0.5, 0.6) is 0 Å². The molecule has 0 aliphatic heterocycles. The van der Waals surface area contributed by atoms with Crippen LogP contribution in [0.4, 0.5) is 0 Å². The summed E-state index contributed by atoms with van der Waals surface area (Å²) in [7, 11) is 0. The molecule has 5 aliphatic carbocycles. The molecule has 0 saturated heterocycles. The third-order valence-electron chi connectivity index (χ3n) is 8.66. The Morgan fingerprint density at radius 2 is 1.71 bits per heavy atom. The van der Waals surface area contributed by atoms with Gasteiger partial charge in [0.05, 0.1) is 23.7 Å². The van der Waals surface area contributed by atoms with Crippen LogP contribution in [0.25, 0.3) is 0 Å². The van der Waals surface area contributed by atoms with Gasteiger partial charge in [-0.15, -0.1) is 0 Å². The van der Waals surface area contributed by atoms with Crippen molar-refractivity contribution in [1.82, 2.24) is 0 Å². The average molecular weight is 334 g/mol. The molecular weight excluding hydrogens is 304 g/mol. The minimum absolute atomic E-state index is 0.0172. The highest BCUT2D eigenvalue weighted by Gasteiger charge is 2.73. The summed E-state index contributed by atoms with van der Waals surface area (Å²) in [6.07, 6.45) is 1.18. The summed E-state index contributed by atoms with van der Waals surface area (Å²) < 4.78 is 0. The maximum absolute atomic E-state index is 13.3. The van der Waals surface area contributed by atoms with Gasteiger partial charge in [-0.3, -0.25) is 4.79 Å². The fourth-order valence-corrected chi connectivity index (χ4v) is 7.18. The second-order valence-corrected chi connectivity index (χ2v) is 9.71. The molecule has 0 heterocycles. The van der Waals surface area contributed by atoms with Crippen molar-refractivity contribution in [2.75, 3.05) is 0 Å². The molecule has 0 radical (unpaired) electrons. The first-order chi connectivity index (χ1) is 11.1. The lowest BCUT2D eigenvalue weighted by Gasteiger charge is -2.69. The predicted octanol–water partition coefficient (Wildman–Crippen LogP) is 2.07. The van der Waals surface area contributed by atoms with Gasteiger partial charge in [-0.05, 0) is 59.8 Å². The number of hydrogen-bond acceptors (Lipinski definition) is 4. The zero-order chi connectivity index (χ0) is 17.7. The van der Waals surface area contributed by atoms with Gasteiger partial charge in [0.25, 0.3) is 0 Å². The minimum atomic E-state index is -1.07. The molecule has 0 aromatic heterocycles. The molecule has 4 nitrogen and oxygen atoms in total. The summed E-state index contributed by atoms with van der Waals surface area (Å²) in [5, 5.41) is 32.3. The van der Waals surface area contributed by atoms with E-state index in [9.17, 15) is 20.1 Å². The molecular formula is C20H30O4. The molecule has 3 N–H and O–H groups in total. The SMILES string of the molecule is C=C1[C@@H]2C[C@@H](O)[C@]3(C(=O)C[C@@H]4C(C)(C)[C@H](O)CC[C@@]4(C)[C@@H]3C2)[C@@H]1O. The van der Waals surface area contributed by atoms with Crippen molar-refractivity contribution < 1.29 is 20.1 Å². The van der Waals surface area contributed by atoms with E-state index >= 15 is 0 Å². The Hall–Kier alpha value is -0.710. The van der Waals surface area contributed by atoms with Crippen molar-refractivity contribution in [2.24, 2.45) is 34.0 Å². The normalized spacial score (nSPS) is 55.9. The first-order valence-electron chi connectivity index (χ1n) is 9.34. The van der Waals surface area contributed by atoms with E-state index in [1.807, 2.05) is 0 Å². The zero-order valence-corrected chi connectivity index (χ0v) is 15.0. The number of aliphatic hydroxyl groups is 3. The van der Waals surface area contributed by atoms with Crippen molar-refractivity contribution >= 4 is 5.78 Å². The van der Waals surface area contributed by atoms with Crippen LogP contribution < -0.4 is 0 Å². The number of rotatable bonds is 0. The molecule has 5 aliphatic rings. The van der Waals surface area contributed by atoms with Gasteiger partial charge in [-0.1, -0.05) is 27.4 Å². The largest absolute Gasteiger partial charge is 0.393 e. The van der Waals surface area contributed by atoms with Gasteiger partial charge in [0.2, 0.25) is 0 Å². The maximum atomic E-state index is 13.3. The Balaban J connectivity index is 1.87. The van der Waals surface area contributed by atoms with E-state index in [-0.39, 0.29) is 34.4 Å². The Morgan fingerprint density at radius 3 is 2.38 bits per heavy atom. The Bertz CT molecular complexity index is 611. The van der Waals surface area contributed by atoms with Crippen LogP contribution in [0.15, 0.2) is 12.2 Å². The Morgan fingerprint density at radius 1 is 1.04 bits per heavy atom. The predicted molar refractivity (Wildman–Crippen MR) is 90.0 cm³/mol. The fraction of sp³-hybridized carbons (Fsp3) is 0.850. The van der Waals surface area contributed by atoms with Gasteiger partial charge in [0.1, 0.15) is 5.78 Å². The van der Waals surface area contributed by atoms with Gasteiger partial charge in [0.15, 0.2) is 0 Å². The van der Waals surface area contributed by atoms with Crippen molar-refractivity contribution in [3.05, 3.63) is 12.2 Å². The van der Waals surface area contributed by atoms with E-state index in [4.69, 9.17) is 0 Å². The molecule has 2 bridgehead atoms. The first-order valence-corrected chi connectivity index (χ1v) is 9.34. The number of ketones is 1. The summed E-state index contributed by atoms with van der Waals surface area (Å²) in [5.41, 5.74) is -0.802. The van der Waals surface area contributed by atoms with Gasteiger partial charge in [0, 0.05) is 6.42 Å². The van der Waals surface area contributed by atoms with E-state index < -0.39 is 23.7 Å². The van der Waals surface area contributed by atoms with Crippen LogP contribution in [-0.4, -0.2) is 39.4 Å². The van der Waals surface area contributed by atoms with Gasteiger partial charge >= 0.3 is 0 Å². The van der Waals surface area contributed by atoms with Gasteiger partial charge in [-0.2, -0.15) is 0 Å². The number of aliphatic hydroxyl groups excluding tert-OH is 3. The molecule has 1 spiro atoms. The second-order valence-electron chi connectivity index (χ2n) is 9.71. The monoisotopic (exact) mass is 334 g/mol. The smallest absolute Gasteiger partial charge is 0.145 e. The summed E-state index contributed by atoms with van der Waals surface area (Å²) >= 11 is 0. The van der Waals surface area contributed by atoms with E-state index in [1.165, 1.54) is 0 Å². The first kappa shape index (κ1) is 16.7. The van der Waals surface area contributed by atoms with Crippen LogP contribution >= 0.6 is 0 Å². The van der Waals surface area contributed by atoms with Crippen molar-refractivity contribution in [2.45, 2.75) is 71.2 Å². The van der Waals surface area contributed by atoms with Crippen molar-refractivity contribution in [3.63, 3.8) is 0 Å². The highest BCUT2D eigenvalue weighted by Crippen LogP contribution is 2.70. The van der Waals surface area contributed by atoms with Crippen LogP contribution in [0.2, 0.25) is 0 Å². The number of carbonyl (C=O) groups excluding carboxylic acids is 1. The summed E-state index contributed by atoms with van der Waals surface area (Å²) in [6.45, 7) is 10.4. The molecule has 5 saturated carbocycles. The number of carbonyl (C=O) groups is 1. The maximum Gasteiger partial charge on any atom is 0.145 e. The molecule has 134 valence electrons. The third kappa shape index (κ3) is 1.63. The third-order valence-corrected chi connectivity index (χ3v) is 8.66. The summed E-state index contributed by atoms with van der Waals surface area (Å²) in [4.78, 5) is 13.3. The van der Waals surface area contributed by atoms with Crippen LogP contribution in [-0.2, 0) is 4.79 Å². The van der Waals surface area contributed by atoms with Crippen LogP contribution in [0, 0.1) is 34.0 Å². The van der Waals surface area contributed by atoms with E-state index in [1.54, 1.807) is 0 Å².